The molecule has 0 bridgehead atoms. The summed E-state index contributed by atoms with van der Waals surface area (Å²) in [7, 11) is 3.25. The first kappa shape index (κ1) is 19.6. The van der Waals surface area contributed by atoms with Crippen LogP contribution in [0.3, 0.4) is 0 Å². The van der Waals surface area contributed by atoms with Gasteiger partial charge < -0.3 is 25.0 Å². The first-order valence-corrected chi connectivity index (χ1v) is 9.49. The lowest BCUT2D eigenvalue weighted by Gasteiger charge is -2.17. The molecule has 1 heterocycles. The molecule has 0 saturated heterocycles. The molecule has 3 rings (SSSR count). The van der Waals surface area contributed by atoms with Crippen LogP contribution in [0, 0.1) is 0 Å². The van der Waals surface area contributed by atoms with Gasteiger partial charge in [-0.2, -0.15) is 0 Å². The van der Waals surface area contributed by atoms with Gasteiger partial charge in [0.25, 0.3) is 0 Å². The van der Waals surface area contributed by atoms with Crippen molar-refractivity contribution in [1.29, 1.82) is 0 Å². The Kier molecular flexibility index (Phi) is 6.78. The van der Waals surface area contributed by atoms with Gasteiger partial charge >= 0.3 is 0 Å². The van der Waals surface area contributed by atoms with Crippen LogP contribution in [0.15, 0.2) is 59.6 Å². The van der Waals surface area contributed by atoms with Crippen molar-refractivity contribution in [1.82, 2.24) is 5.32 Å². The number of ether oxygens (including phenoxy) is 2. The molecule has 0 aliphatic carbocycles. The first-order chi connectivity index (χ1) is 13.7. The Balaban J connectivity index is 1.67. The molecule has 6 heteroatoms. The van der Waals surface area contributed by atoms with Crippen LogP contribution in [0.1, 0.15) is 12.5 Å². The zero-order valence-corrected chi connectivity index (χ0v) is 16.7. The second-order valence-corrected chi connectivity index (χ2v) is 6.43. The molecule has 2 N–H and O–H groups in total. The average Bonchev–Trinajstić information content (AvgIpc) is 3.27. The van der Waals surface area contributed by atoms with Gasteiger partial charge in [0.2, 0.25) is 0 Å². The second kappa shape index (κ2) is 9.69. The second-order valence-electron chi connectivity index (χ2n) is 6.43. The van der Waals surface area contributed by atoms with Crippen LogP contribution >= 0.6 is 0 Å². The third kappa shape index (κ3) is 4.97. The summed E-state index contributed by atoms with van der Waals surface area (Å²) in [4.78, 5) is 7.03. The fourth-order valence-corrected chi connectivity index (χ4v) is 3.03. The van der Waals surface area contributed by atoms with Crippen molar-refractivity contribution in [2.24, 2.45) is 4.99 Å². The maximum absolute atomic E-state index is 5.37. The molecule has 6 nitrogen and oxygen atoms in total. The summed E-state index contributed by atoms with van der Waals surface area (Å²) in [5.41, 5.74) is 3.29. The summed E-state index contributed by atoms with van der Waals surface area (Å²) in [6.45, 7) is 5.39. The van der Waals surface area contributed by atoms with Gasteiger partial charge in [-0.15, -0.1) is 0 Å². The van der Waals surface area contributed by atoms with Gasteiger partial charge in [-0.25, -0.2) is 4.99 Å². The standard InChI is InChI=1S/C22H28N4O2/c1-4-23-22(25-18-9-12-20(27-2)21(15-18)28-3)24-16-17-7-10-19(11-8-17)26-13-5-6-14-26/h5-12,15H,4,13-14,16H2,1-3H3,(H2,23,24,25). The first-order valence-electron chi connectivity index (χ1n) is 9.49. The van der Waals surface area contributed by atoms with Crippen molar-refractivity contribution in [3.05, 3.63) is 60.2 Å². The van der Waals surface area contributed by atoms with E-state index in [9.17, 15) is 0 Å². The Morgan fingerprint density at radius 1 is 1.00 bits per heavy atom. The molecule has 0 radical (unpaired) electrons. The predicted molar refractivity (Wildman–Crippen MR) is 116 cm³/mol. The molecule has 0 saturated carbocycles. The van der Waals surface area contributed by atoms with Crippen LogP contribution < -0.4 is 25.0 Å². The molecular weight excluding hydrogens is 352 g/mol. The number of nitrogens with zero attached hydrogens (tertiary/aromatic N) is 2. The molecule has 0 amide bonds. The van der Waals surface area contributed by atoms with Crippen LogP contribution in [-0.4, -0.2) is 39.8 Å². The molecule has 0 spiro atoms. The third-order valence-corrected chi connectivity index (χ3v) is 4.53. The summed E-state index contributed by atoms with van der Waals surface area (Å²) in [6, 6.07) is 14.3. The largest absolute Gasteiger partial charge is 0.493 e. The zero-order chi connectivity index (χ0) is 19.8. The molecular formula is C22H28N4O2. The number of methoxy groups -OCH3 is 2. The number of benzene rings is 2. The van der Waals surface area contributed by atoms with Crippen LogP contribution in [0.4, 0.5) is 11.4 Å². The summed E-state index contributed by atoms with van der Waals surface area (Å²) in [5, 5.41) is 6.59. The summed E-state index contributed by atoms with van der Waals surface area (Å²) in [5.74, 6) is 2.10. The minimum absolute atomic E-state index is 0.598. The van der Waals surface area contributed by atoms with E-state index in [1.165, 1.54) is 11.3 Å². The van der Waals surface area contributed by atoms with Crippen molar-refractivity contribution in [3.8, 4) is 11.5 Å². The highest BCUT2D eigenvalue weighted by molar-refractivity contribution is 5.93. The fourth-order valence-electron chi connectivity index (χ4n) is 3.03. The summed E-state index contributed by atoms with van der Waals surface area (Å²) < 4.78 is 10.7. The minimum atomic E-state index is 0.598. The molecule has 0 atom stereocenters. The molecule has 1 aliphatic rings. The van der Waals surface area contributed by atoms with Crippen molar-refractivity contribution >= 4 is 17.3 Å². The van der Waals surface area contributed by atoms with Gasteiger partial charge in [-0.1, -0.05) is 24.3 Å². The smallest absolute Gasteiger partial charge is 0.196 e. The summed E-state index contributed by atoms with van der Waals surface area (Å²) >= 11 is 0. The van der Waals surface area contributed by atoms with Crippen molar-refractivity contribution in [3.63, 3.8) is 0 Å². The quantitative estimate of drug-likeness (QED) is 0.436. The van der Waals surface area contributed by atoms with Gasteiger partial charge in [0.1, 0.15) is 0 Å². The van der Waals surface area contributed by atoms with E-state index < -0.39 is 0 Å². The Hall–Kier alpha value is -3.15. The van der Waals surface area contributed by atoms with E-state index in [4.69, 9.17) is 14.5 Å². The van der Waals surface area contributed by atoms with Crippen molar-refractivity contribution in [2.75, 3.05) is 44.1 Å². The van der Waals surface area contributed by atoms with E-state index in [1.807, 2.05) is 25.1 Å². The van der Waals surface area contributed by atoms with E-state index in [0.717, 1.165) is 31.3 Å². The Morgan fingerprint density at radius 3 is 2.36 bits per heavy atom. The summed E-state index contributed by atoms with van der Waals surface area (Å²) in [6.07, 6.45) is 4.39. The number of guanidine groups is 1. The van der Waals surface area contributed by atoms with Crippen molar-refractivity contribution in [2.45, 2.75) is 13.5 Å². The number of aliphatic imine (C=N–C) groups is 1. The van der Waals surface area contributed by atoms with E-state index in [1.54, 1.807) is 14.2 Å². The molecule has 1 aliphatic heterocycles. The SMILES string of the molecule is CCNC(=NCc1ccc(N2CC=CC2)cc1)Nc1ccc(OC)c(OC)c1. The molecule has 2 aromatic carbocycles. The normalized spacial score (nSPS) is 13.5. The molecule has 0 fully saturated rings. The Labute approximate surface area is 166 Å². The number of hydrogen-bond donors (Lipinski definition) is 2. The minimum Gasteiger partial charge on any atom is -0.493 e. The molecule has 0 aromatic heterocycles. The highest BCUT2D eigenvalue weighted by Gasteiger charge is 2.08. The maximum Gasteiger partial charge on any atom is 0.196 e. The number of anilines is 2. The lowest BCUT2D eigenvalue weighted by molar-refractivity contribution is 0.355. The highest BCUT2D eigenvalue weighted by atomic mass is 16.5. The zero-order valence-electron chi connectivity index (χ0n) is 16.7. The van der Waals surface area contributed by atoms with Gasteiger partial charge in [0.15, 0.2) is 17.5 Å². The van der Waals surface area contributed by atoms with E-state index >= 15 is 0 Å². The van der Waals surface area contributed by atoms with Gasteiger partial charge in [0.05, 0.1) is 20.8 Å². The molecule has 148 valence electrons. The fraction of sp³-hybridized carbons (Fsp3) is 0.318. The number of nitrogens with one attached hydrogen (secondary N) is 2. The monoisotopic (exact) mass is 380 g/mol. The topological polar surface area (TPSA) is 58.1 Å². The Bertz CT molecular complexity index is 823. The van der Waals surface area contributed by atoms with Gasteiger partial charge in [-0.3, -0.25) is 0 Å². The van der Waals surface area contributed by atoms with Crippen LogP contribution in [-0.2, 0) is 6.54 Å². The van der Waals surface area contributed by atoms with Crippen LogP contribution in [0.25, 0.3) is 0 Å². The van der Waals surface area contributed by atoms with Gasteiger partial charge in [0, 0.05) is 37.1 Å². The van der Waals surface area contributed by atoms with Crippen LogP contribution in [0.5, 0.6) is 11.5 Å². The van der Waals surface area contributed by atoms with E-state index in [-0.39, 0.29) is 0 Å². The van der Waals surface area contributed by atoms with E-state index in [0.29, 0.717) is 18.0 Å². The number of rotatable bonds is 7. The average molecular weight is 380 g/mol. The lowest BCUT2D eigenvalue weighted by Crippen LogP contribution is -2.30. The third-order valence-electron chi connectivity index (χ3n) is 4.53. The van der Waals surface area contributed by atoms with Crippen molar-refractivity contribution < 1.29 is 9.47 Å². The van der Waals surface area contributed by atoms with E-state index in [2.05, 4.69) is 52.0 Å². The molecule has 2 aromatic rings. The molecule has 28 heavy (non-hydrogen) atoms. The molecule has 0 unspecified atom stereocenters. The van der Waals surface area contributed by atoms with Crippen LogP contribution in [0.2, 0.25) is 0 Å². The van der Waals surface area contributed by atoms with Gasteiger partial charge in [-0.05, 0) is 36.8 Å². The highest BCUT2D eigenvalue weighted by Crippen LogP contribution is 2.29. The predicted octanol–water partition coefficient (Wildman–Crippen LogP) is 3.66. The maximum atomic E-state index is 5.37. The number of hydrogen-bond acceptors (Lipinski definition) is 4. The lowest BCUT2D eigenvalue weighted by atomic mass is 10.2. The Morgan fingerprint density at radius 2 is 1.71 bits per heavy atom.